The van der Waals surface area contributed by atoms with Gasteiger partial charge in [0.2, 0.25) is 11.8 Å². The van der Waals surface area contributed by atoms with E-state index >= 15 is 0 Å². The van der Waals surface area contributed by atoms with E-state index in [4.69, 9.17) is 5.73 Å². The fourth-order valence-electron chi connectivity index (χ4n) is 2.60. The predicted octanol–water partition coefficient (Wildman–Crippen LogP) is 2.35. The van der Waals surface area contributed by atoms with E-state index in [1.165, 1.54) is 0 Å². The highest BCUT2D eigenvalue weighted by atomic mass is 16.2. The van der Waals surface area contributed by atoms with Crippen molar-refractivity contribution in [1.82, 2.24) is 5.32 Å². The quantitative estimate of drug-likeness (QED) is 0.731. The molecular formula is C19H21N3O2. The summed E-state index contributed by atoms with van der Waals surface area (Å²) in [5, 5.41) is 6.11. The molecule has 5 nitrogen and oxygen atoms in total. The van der Waals surface area contributed by atoms with Gasteiger partial charge in [-0.15, -0.1) is 0 Å². The topological polar surface area (TPSA) is 84.2 Å². The van der Waals surface area contributed by atoms with Crippen molar-refractivity contribution in [3.05, 3.63) is 65.7 Å². The van der Waals surface area contributed by atoms with E-state index < -0.39 is 11.9 Å². The molecule has 0 saturated heterocycles. The number of rotatable bonds is 7. The zero-order chi connectivity index (χ0) is 16.9. The minimum atomic E-state index is -0.545. The number of hydrogen-bond acceptors (Lipinski definition) is 3. The fraction of sp³-hybridized carbons (Fsp3) is 0.263. The van der Waals surface area contributed by atoms with Gasteiger partial charge in [0.15, 0.2) is 0 Å². The SMILES string of the molecule is NC(=O)C(NCc1cccc(NC(=O)C2CC2)c1)c1ccccc1. The first-order valence-electron chi connectivity index (χ1n) is 8.11. The standard InChI is InChI=1S/C19H21N3O2/c20-18(23)17(14-6-2-1-3-7-14)21-12-13-5-4-8-16(11-13)22-19(24)15-9-10-15/h1-8,11,15,17,21H,9-10,12H2,(H2,20,23)(H,22,24). The largest absolute Gasteiger partial charge is 0.368 e. The molecule has 0 heterocycles. The Labute approximate surface area is 141 Å². The van der Waals surface area contributed by atoms with Crippen LogP contribution in [0.5, 0.6) is 0 Å². The van der Waals surface area contributed by atoms with Crippen molar-refractivity contribution in [2.24, 2.45) is 11.7 Å². The van der Waals surface area contributed by atoms with Gasteiger partial charge in [0, 0.05) is 18.2 Å². The molecule has 24 heavy (non-hydrogen) atoms. The summed E-state index contributed by atoms with van der Waals surface area (Å²) in [6.45, 7) is 0.482. The lowest BCUT2D eigenvalue weighted by molar-refractivity contribution is -0.120. The van der Waals surface area contributed by atoms with E-state index in [0.29, 0.717) is 6.54 Å². The van der Waals surface area contributed by atoms with Crippen LogP contribution in [0.15, 0.2) is 54.6 Å². The van der Waals surface area contributed by atoms with E-state index in [9.17, 15) is 9.59 Å². The molecule has 0 aliphatic heterocycles. The van der Waals surface area contributed by atoms with Gasteiger partial charge in [0.05, 0.1) is 0 Å². The van der Waals surface area contributed by atoms with E-state index in [-0.39, 0.29) is 11.8 Å². The normalized spacial score (nSPS) is 14.8. The van der Waals surface area contributed by atoms with E-state index in [1.54, 1.807) is 0 Å². The Morgan fingerprint density at radius 1 is 1.08 bits per heavy atom. The lowest BCUT2D eigenvalue weighted by atomic mass is 10.1. The first kappa shape index (κ1) is 16.2. The van der Waals surface area contributed by atoms with Crippen LogP contribution in [0.1, 0.15) is 30.0 Å². The lowest BCUT2D eigenvalue weighted by Crippen LogP contribution is -2.33. The highest BCUT2D eigenvalue weighted by Crippen LogP contribution is 2.30. The summed E-state index contributed by atoms with van der Waals surface area (Å²) in [7, 11) is 0. The van der Waals surface area contributed by atoms with Gasteiger partial charge in [0.1, 0.15) is 6.04 Å². The number of primary amides is 1. The van der Waals surface area contributed by atoms with Gasteiger partial charge in [-0.05, 0) is 36.1 Å². The molecule has 2 aromatic carbocycles. The number of nitrogens with two attached hydrogens (primary N) is 1. The molecule has 3 rings (SSSR count). The molecule has 124 valence electrons. The third-order valence-corrected chi connectivity index (χ3v) is 4.07. The molecule has 1 atom stereocenters. The summed E-state index contributed by atoms with van der Waals surface area (Å²) in [6.07, 6.45) is 1.95. The Morgan fingerprint density at radius 2 is 1.83 bits per heavy atom. The summed E-state index contributed by atoms with van der Waals surface area (Å²) in [5.41, 5.74) is 8.10. The second-order valence-corrected chi connectivity index (χ2v) is 6.09. The zero-order valence-corrected chi connectivity index (χ0v) is 13.4. The van der Waals surface area contributed by atoms with Crippen molar-refractivity contribution >= 4 is 17.5 Å². The van der Waals surface area contributed by atoms with Gasteiger partial charge < -0.3 is 11.1 Å². The van der Waals surface area contributed by atoms with Gasteiger partial charge >= 0.3 is 0 Å². The Hall–Kier alpha value is -2.66. The molecule has 1 saturated carbocycles. The maximum absolute atomic E-state index is 11.8. The number of carbonyl (C=O) groups is 2. The van der Waals surface area contributed by atoms with Gasteiger partial charge in [-0.2, -0.15) is 0 Å². The van der Waals surface area contributed by atoms with Gasteiger partial charge in [-0.1, -0.05) is 42.5 Å². The van der Waals surface area contributed by atoms with Crippen LogP contribution >= 0.6 is 0 Å². The number of anilines is 1. The van der Waals surface area contributed by atoms with Crippen molar-refractivity contribution in [2.45, 2.75) is 25.4 Å². The highest BCUT2D eigenvalue weighted by Gasteiger charge is 2.29. The van der Waals surface area contributed by atoms with Crippen molar-refractivity contribution < 1.29 is 9.59 Å². The minimum Gasteiger partial charge on any atom is -0.368 e. The Kier molecular flexibility index (Phi) is 4.91. The third-order valence-electron chi connectivity index (χ3n) is 4.07. The number of hydrogen-bond donors (Lipinski definition) is 3. The van der Waals surface area contributed by atoms with Gasteiger partial charge in [-0.3, -0.25) is 14.9 Å². The summed E-state index contributed by atoms with van der Waals surface area (Å²) >= 11 is 0. The molecule has 1 aliphatic carbocycles. The first-order chi connectivity index (χ1) is 11.6. The van der Waals surface area contributed by atoms with Gasteiger partial charge in [0.25, 0.3) is 0 Å². The summed E-state index contributed by atoms with van der Waals surface area (Å²) < 4.78 is 0. The molecule has 2 aromatic rings. The first-order valence-corrected chi connectivity index (χ1v) is 8.11. The molecule has 2 amide bonds. The molecule has 0 spiro atoms. The maximum atomic E-state index is 11.8. The molecule has 5 heteroatoms. The molecular weight excluding hydrogens is 302 g/mol. The predicted molar refractivity (Wildman–Crippen MR) is 93.0 cm³/mol. The second kappa shape index (κ2) is 7.27. The van der Waals surface area contributed by atoms with Crippen molar-refractivity contribution in [1.29, 1.82) is 0 Å². The minimum absolute atomic E-state index is 0.0828. The maximum Gasteiger partial charge on any atom is 0.239 e. The average Bonchev–Trinajstić information content (AvgIpc) is 3.41. The average molecular weight is 323 g/mol. The van der Waals surface area contributed by atoms with Crippen LogP contribution in [0.25, 0.3) is 0 Å². The van der Waals surface area contributed by atoms with Crippen LogP contribution in [-0.2, 0) is 16.1 Å². The summed E-state index contributed by atoms with van der Waals surface area (Å²) in [5.74, 6) is -0.164. The van der Waals surface area contributed by atoms with Crippen LogP contribution < -0.4 is 16.4 Å². The monoisotopic (exact) mass is 323 g/mol. The van der Waals surface area contributed by atoms with Crippen LogP contribution in [0.4, 0.5) is 5.69 Å². The second-order valence-electron chi connectivity index (χ2n) is 6.09. The Bertz CT molecular complexity index is 726. The van der Waals surface area contributed by atoms with Crippen molar-refractivity contribution in [3.8, 4) is 0 Å². The van der Waals surface area contributed by atoms with Crippen LogP contribution in [0, 0.1) is 5.92 Å². The number of amides is 2. The lowest BCUT2D eigenvalue weighted by Gasteiger charge is -2.16. The third kappa shape index (κ3) is 4.20. The van der Waals surface area contributed by atoms with Crippen molar-refractivity contribution in [2.75, 3.05) is 5.32 Å². The van der Waals surface area contributed by atoms with Crippen LogP contribution in [0.3, 0.4) is 0 Å². The molecule has 4 N–H and O–H groups in total. The summed E-state index contributed by atoms with van der Waals surface area (Å²) in [4.78, 5) is 23.6. The smallest absolute Gasteiger partial charge is 0.239 e. The number of benzene rings is 2. The molecule has 0 aromatic heterocycles. The zero-order valence-electron chi connectivity index (χ0n) is 13.4. The molecule has 1 aliphatic rings. The number of carbonyl (C=O) groups excluding carboxylic acids is 2. The highest BCUT2D eigenvalue weighted by molar-refractivity contribution is 5.94. The Balaban J connectivity index is 1.64. The molecule has 0 bridgehead atoms. The van der Waals surface area contributed by atoms with Crippen LogP contribution in [-0.4, -0.2) is 11.8 Å². The van der Waals surface area contributed by atoms with Crippen molar-refractivity contribution in [3.63, 3.8) is 0 Å². The van der Waals surface area contributed by atoms with Gasteiger partial charge in [-0.25, -0.2) is 0 Å². The number of nitrogens with one attached hydrogen (secondary N) is 2. The van der Waals surface area contributed by atoms with E-state index in [0.717, 1.165) is 29.7 Å². The molecule has 0 radical (unpaired) electrons. The fourth-order valence-corrected chi connectivity index (χ4v) is 2.60. The summed E-state index contributed by atoms with van der Waals surface area (Å²) in [6, 6.07) is 16.5. The molecule has 1 unspecified atom stereocenters. The van der Waals surface area contributed by atoms with E-state index in [2.05, 4.69) is 10.6 Å². The molecule has 1 fully saturated rings. The Morgan fingerprint density at radius 3 is 2.50 bits per heavy atom. The van der Waals surface area contributed by atoms with E-state index in [1.807, 2.05) is 54.6 Å². The van der Waals surface area contributed by atoms with Crippen LogP contribution in [0.2, 0.25) is 0 Å².